The second-order valence-electron chi connectivity index (χ2n) is 6.56. The fraction of sp³-hybridized carbons (Fsp3) is 0.333. The molecule has 0 spiro atoms. The molecule has 5 heteroatoms. The van der Waals surface area contributed by atoms with Crippen LogP contribution in [0.5, 0.6) is 0 Å². The third kappa shape index (κ3) is 4.49. The molecule has 136 valence electrons. The number of hydrogen-bond donors (Lipinski definition) is 1. The Morgan fingerprint density at radius 2 is 1.73 bits per heavy atom. The van der Waals surface area contributed by atoms with Gasteiger partial charge in [-0.15, -0.1) is 0 Å². The zero-order chi connectivity index (χ0) is 18.4. The van der Waals surface area contributed by atoms with Gasteiger partial charge in [-0.3, -0.25) is 9.59 Å². The van der Waals surface area contributed by atoms with Crippen LogP contribution in [-0.4, -0.2) is 36.9 Å². The van der Waals surface area contributed by atoms with E-state index in [1.165, 1.54) is 4.90 Å². The van der Waals surface area contributed by atoms with Crippen LogP contribution in [0.1, 0.15) is 24.5 Å². The number of anilines is 1. The monoisotopic (exact) mass is 352 g/mol. The van der Waals surface area contributed by atoms with E-state index in [-0.39, 0.29) is 30.4 Å². The maximum atomic E-state index is 12.9. The number of hydrogen-bond acceptors (Lipinski definition) is 3. The SMILES string of the molecule is CN(CC(=O)Nc1ccccc1)C(=O)[C@@H]1CCCO[C@@H]1c1ccccc1. The Bertz CT molecular complexity index is 733. The first-order valence-corrected chi connectivity index (χ1v) is 8.91. The Hall–Kier alpha value is -2.66. The summed E-state index contributed by atoms with van der Waals surface area (Å²) < 4.78 is 5.90. The van der Waals surface area contributed by atoms with Gasteiger partial charge in [0, 0.05) is 19.3 Å². The van der Waals surface area contributed by atoms with Crippen molar-refractivity contribution < 1.29 is 14.3 Å². The van der Waals surface area contributed by atoms with Crippen molar-refractivity contribution in [3.63, 3.8) is 0 Å². The van der Waals surface area contributed by atoms with Crippen LogP contribution >= 0.6 is 0 Å². The normalized spacial score (nSPS) is 19.6. The molecule has 0 aliphatic carbocycles. The largest absolute Gasteiger partial charge is 0.373 e. The lowest BCUT2D eigenvalue weighted by atomic mass is 9.88. The van der Waals surface area contributed by atoms with Crippen LogP contribution in [-0.2, 0) is 14.3 Å². The fourth-order valence-corrected chi connectivity index (χ4v) is 3.30. The quantitative estimate of drug-likeness (QED) is 0.899. The number of likely N-dealkylation sites (N-methyl/N-ethyl adjacent to an activating group) is 1. The topological polar surface area (TPSA) is 58.6 Å². The molecule has 0 aromatic heterocycles. The van der Waals surface area contributed by atoms with E-state index in [2.05, 4.69) is 5.32 Å². The summed E-state index contributed by atoms with van der Waals surface area (Å²) in [6.45, 7) is 0.674. The van der Waals surface area contributed by atoms with Crippen molar-refractivity contribution in [2.75, 3.05) is 25.5 Å². The van der Waals surface area contributed by atoms with Gasteiger partial charge >= 0.3 is 0 Å². The molecule has 0 radical (unpaired) electrons. The van der Waals surface area contributed by atoms with Crippen molar-refractivity contribution in [3.8, 4) is 0 Å². The lowest BCUT2D eigenvalue weighted by Gasteiger charge is -2.33. The Labute approximate surface area is 154 Å². The van der Waals surface area contributed by atoms with Crippen molar-refractivity contribution in [2.45, 2.75) is 18.9 Å². The number of carbonyl (C=O) groups is 2. The summed E-state index contributed by atoms with van der Waals surface area (Å²) in [7, 11) is 1.67. The first-order chi connectivity index (χ1) is 12.6. The number of benzene rings is 2. The average Bonchev–Trinajstić information content (AvgIpc) is 2.68. The molecular weight excluding hydrogens is 328 g/mol. The standard InChI is InChI=1S/C21H24N2O3/c1-23(15-19(24)22-17-11-6-3-7-12-17)21(25)18-13-8-14-26-20(18)16-9-4-2-5-10-16/h2-7,9-12,18,20H,8,13-15H2,1H3,(H,22,24)/t18-,20-/m1/s1. The second kappa shape index (κ2) is 8.63. The van der Waals surface area contributed by atoms with Crippen LogP contribution in [0.3, 0.4) is 0 Å². The summed E-state index contributed by atoms with van der Waals surface area (Å²) in [4.78, 5) is 26.7. The number of nitrogens with zero attached hydrogens (tertiary/aromatic N) is 1. The molecule has 0 bridgehead atoms. The first-order valence-electron chi connectivity index (χ1n) is 8.91. The molecule has 1 fully saturated rings. The second-order valence-corrected chi connectivity index (χ2v) is 6.56. The number of rotatable bonds is 5. The highest BCUT2D eigenvalue weighted by Crippen LogP contribution is 2.34. The molecular formula is C21H24N2O3. The summed E-state index contributed by atoms with van der Waals surface area (Å²) in [5.74, 6) is -0.525. The van der Waals surface area contributed by atoms with Crippen LogP contribution in [0.4, 0.5) is 5.69 Å². The van der Waals surface area contributed by atoms with E-state index in [4.69, 9.17) is 4.74 Å². The number of ether oxygens (including phenoxy) is 1. The maximum absolute atomic E-state index is 12.9. The molecule has 5 nitrogen and oxygen atoms in total. The highest BCUT2D eigenvalue weighted by molar-refractivity contribution is 5.94. The lowest BCUT2D eigenvalue weighted by molar-refractivity contribution is -0.145. The van der Waals surface area contributed by atoms with E-state index < -0.39 is 0 Å². The molecule has 1 aliphatic rings. The van der Waals surface area contributed by atoms with Gasteiger partial charge in [0.05, 0.1) is 18.6 Å². The van der Waals surface area contributed by atoms with E-state index in [0.717, 1.165) is 24.1 Å². The molecule has 2 atom stereocenters. The number of nitrogens with one attached hydrogen (secondary N) is 1. The third-order valence-electron chi connectivity index (χ3n) is 4.58. The van der Waals surface area contributed by atoms with Gasteiger partial charge in [-0.2, -0.15) is 0 Å². The highest BCUT2D eigenvalue weighted by atomic mass is 16.5. The maximum Gasteiger partial charge on any atom is 0.243 e. The molecule has 1 saturated heterocycles. The Morgan fingerprint density at radius 1 is 1.08 bits per heavy atom. The predicted molar refractivity (Wildman–Crippen MR) is 101 cm³/mol. The molecule has 0 unspecified atom stereocenters. The zero-order valence-corrected chi connectivity index (χ0v) is 14.9. The Morgan fingerprint density at radius 3 is 2.42 bits per heavy atom. The lowest BCUT2D eigenvalue weighted by Crippen LogP contribution is -2.42. The number of para-hydroxylation sites is 1. The van der Waals surface area contributed by atoms with Gasteiger partial charge in [0.1, 0.15) is 0 Å². The van der Waals surface area contributed by atoms with Gasteiger partial charge < -0.3 is 15.0 Å². The molecule has 26 heavy (non-hydrogen) atoms. The van der Waals surface area contributed by atoms with E-state index >= 15 is 0 Å². The predicted octanol–water partition coefficient (Wildman–Crippen LogP) is 3.25. The molecule has 1 heterocycles. The van der Waals surface area contributed by atoms with Crippen LogP contribution in [0.2, 0.25) is 0 Å². The highest BCUT2D eigenvalue weighted by Gasteiger charge is 2.35. The van der Waals surface area contributed by atoms with E-state index in [1.807, 2.05) is 60.7 Å². The van der Waals surface area contributed by atoms with E-state index in [1.54, 1.807) is 7.05 Å². The number of carbonyl (C=O) groups excluding carboxylic acids is 2. The molecule has 1 N–H and O–H groups in total. The minimum atomic E-state index is -0.263. The van der Waals surface area contributed by atoms with E-state index in [0.29, 0.717) is 6.61 Å². The van der Waals surface area contributed by atoms with Crippen molar-refractivity contribution in [1.29, 1.82) is 0 Å². The van der Waals surface area contributed by atoms with Crippen molar-refractivity contribution in [1.82, 2.24) is 4.90 Å². The number of amides is 2. The van der Waals surface area contributed by atoms with Gasteiger partial charge in [-0.25, -0.2) is 0 Å². The van der Waals surface area contributed by atoms with Crippen molar-refractivity contribution >= 4 is 17.5 Å². The van der Waals surface area contributed by atoms with Gasteiger partial charge in [0.2, 0.25) is 11.8 Å². The summed E-state index contributed by atoms with van der Waals surface area (Å²) in [6, 6.07) is 19.1. The van der Waals surface area contributed by atoms with Gasteiger partial charge in [-0.1, -0.05) is 48.5 Å². The smallest absolute Gasteiger partial charge is 0.243 e. The molecule has 1 aliphatic heterocycles. The molecule has 0 saturated carbocycles. The van der Waals surface area contributed by atoms with Crippen molar-refractivity contribution in [3.05, 3.63) is 66.2 Å². The summed E-state index contributed by atoms with van der Waals surface area (Å²) in [5, 5.41) is 2.81. The Balaban J connectivity index is 1.63. The summed E-state index contributed by atoms with van der Waals surface area (Å²) in [5.41, 5.74) is 1.73. The van der Waals surface area contributed by atoms with Gasteiger partial charge in [0.25, 0.3) is 0 Å². The van der Waals surface area contributed by atoms with Crippen molar-refractivity contribution in [2.24, 2.45) is 5.92 Å². The average molecular weight is 352 g/mol. The van der Waals surface area contributed by atoms with E-state index in [9.17, 15) is 9.59 Å². The molecule has 2 amide bonds. The van der Waals surface area contributed by atoms with Crippen LogP contribution in [0.25, 0.3) is 0 Å². The first kappa shape index (κ1) is 18.1. The third-order valence-corrected chi connectivity index (χ3v) is 4.58. The van der Waals surface area contributed by atoms with Crippen LogP contribution in [0.15, 0.2) is 60.7 Å². The molecule has 2 aromatic carbocycles. The zero-order valence-electron chi connectivity index (χ0n) is 14.9. The summed E-state index contributed by atoms with van der Waals surface area (Å²) >= 11 is 0. The molecule has 2 aromatic rings. The van der Waals surface area contributed by atoms with Gasteiger partial charge in [0.15, 0.2) is 0 Å². The fourth-order valence-electron chi connectivity index (χ4n) is 3.30. The molecule has 3 rings (SSSR count). The summed E-state index contributed by atoms with van der Waals surface area (Å²) in [6.07, 6.45) is 1.37. The minimum Gasteiger partial charge on any atom is -0.373 e. The van der Waals surface area contributed by atoms with Crippen LogP contribution in [0, 0.1) is 5.92 Å². The Kier molecular flexibility index (Phi) is 6.02. The van der Waals surface area contributed by atoms with Gasteiger partial charge in [-0.05, 0) is 30.5 Å². The minimum absolute atomic E-state index is 0.0196. The van der Waals surface area contributed by atoms with Crippen LogP contribution < -0.4 is 5.32 Å².